The van der Waals surface area contributed by atoms with E-state index in [0.29, 0.717) is 25.5 Å². The third kappa shape index (κ3) is 4.42. The summed E-state index contributed by atoms with van der Waals surface area (Å²) in [5.41, 5.74) is 0.705. The van der Waals surface area contributed by atoms with E-state index >= 15 is 0 Å². The van der Waals surface area contributed by atoms with E-state index in [1.165, 1.54) is 0 Å². The first-order valence-electron chi connectivity index (χ1n) is 8.75. The van der Waals surface area contributed by atoms with Crippen molar-refractivity contribution in [3.63, 3.8) is 0 Å². The Morgan fingerprint density at radius 1 is 1.35 bits per heavy atom. The van der Waals surface area contributed by atoms with Gasteiger partial charge in [-0.05, 0) is 25.0 Å². The summed E-state index contributed by atoms with van der Waals surface area (Å²) in [6.45, 7) is 4.25. The van der Waals surface area contributed by atoms with Gasteiger partial charge >= 0.3 is 0 Å². The van der Waals surface area contributed by atoms with Crippen LogP contribution >= 0.6 is 0 Å². The number of aryl methyl sites for hydroxylation is 2. The van der Waals surface area contributed by atoms with E-state index in [1.807, 2.05) is 38.2 Å². The maximum atomic E-state index is 12.2. The molecule has 0 spiro atoms. The van der Waals surface area contributed by atoms with Gasteiger partial charge in [0.2, 0.25) is 5.91 Å². The number of aromatic nitrogens is 2. The van der Waals surface area contributed by atoms with Gasteiger partial charge in [-0.3, -0.25) is 14.4 Å². The molecule has 1 aromatic heterocycles. The Labute approximate surface area is 153 Å². The number of nitrogens with one attached hydrogen (secondary N) is 1. The van der Waals surface area contributed by atoms with Crippen molar-refractivity contribution in [1.82, 2.24) is 14.7 Å². The van der Waals surface area contributed by atoms with Crippen LogP contribution in [-0.2, 0) is 16.6 Å². The first kappa shape index (κ1) is 18.4. The van der Waals surface area contributed by atoms with E-state index in [1.54, 1.807) is 24.1 Å². The van der Waals surface area contributed by atoms with E-state index in [2.05, 4.69) is 15.3 Å². The summed E-state index contributed by atoms with van der Waals surface area (Å²) in [5.74, 6) is 1.36. The lowest BCUT2D eigenvalue weighted by molar-refractivity contribution is -0.117. The van der Waals surface area contributed by atoms with Crippen molar-refractivity contribution in [1.29, 1.82) is 0 Å². The second kappa shape index (κ2) is 7.88. The highest BCUT2D eigenvalue weighted by Crippen LogP contribution is 2.27. The van der Waals surface area contributed by atoms with Crippen LogP contribution in [0.3, 0.4) is 0 Å². The summed E-state index contributed by atoms with van der Waals surface area (Å²) in [4.78, 5) is 14.3. The highest BCUT2D eigenvalue weighted by molar-refractivity contribution is 5.91. The molecule has 1 aliphatic heterocycles. The zero-order chi connectivity index (χ0) is 18.6. The molecule has 0 radical (unpaired) electrons. The maximum Gasteiger partial charge on any atom is 0.239 e. The molecule has 7 heteroatoms. The Balaban J connectivity index is 1.53. The number of benzene rings is 1. The summed E-state index contributed by atoms with van der Waals surface area (Å²) in [6.07, 6.45) is 2.62. The number of carbonyl (C=O) groups excluding carboxylic acids is 1. The summed E-state index contributed by atoms with van der Waals surface area (Å²) in [6, 6.07) is 9.72. The number of anilines is 1. The van der Waals surface area contributed by atoms with Gasteiger partial charge in [-0.25, -0.2) is 0 Å². The van der Waals surface area contributed by atoms with Gasteiger partial charge in [0.15, 0.2) is 5.82 Å². The Morgan fingerprint density at radius 2 is 2.15 bits per heavy atom. The molecule has 1 amide bonds. The average Bonchev–Trinajstić information content (AvgIpc) is 3.21. The number of nitrogens with zero attached hydrogens (tertiary/aromatic N) is 3. The van der Waals surface area contributed by atoms with Crippen LogP contribution in [-0.4, -0.2) is 59.5 Å². The minimum atomic E-state index is -0.395. The zero-order valence-corrected chi connectivity index (χ0v) is 15.6. The molecule has 1 atom stereocenters. The van der Waals surface area contributed by atoms with Gasteiger partial charge in [-0.1, -0.05) is 18.2 Å². The summed E-state index contributed by atoms with van der Waals surface area (Å²) in [7, 11) is 3.52. The first-order valence-corrected chi connectivity index (χ1v) is 8.75. The fraction of sp³-hybridized carbons (Fsp3) is 0.474. The van der Waals surface area contributed by atoms with Crippen molar-refractivity contribution in [2.75, 3.05) is 38.7 Å². The van der Waals surface area contributed by atoms with Crippen molar-refractivity contribution >= 4 is 11.7 Å². The lowest BCUT2D eigenvalue weighted by Gasteiger charge is -2.28. The lowest BCUT2D eigenvalue weighted by atomic mass is 10.0. The highest BCUT2D eigenvalue weighted by Gasteiger charge is 2.39. The molecule has 0 bridgehead atoms. The largest absolute Gasteiger partial charge is 0.490 e. The molecule has 0 aliphatic carbocycles. The van der Waals surface area contributed by atoms with Crippen LogP contribution in [0.15, 0.2) is 36.5 Å². The van der Waals surface area contributed by atoms with E-state index in [0.717, 1.165) is 24.3 Å². The standard InChI is InChI=1S/C19H26N4O3/c1-15-6-4-5-7-16(15)26-14-19(25-3)9-11-23(13-19)12-18(24)20-17-8-10-22(2)21-17/h4-8,10H,9,11-14H2,1-3H3,(H,20,21,24)/t19-/m0/s1. The van der Waals surface area contributed by atoms with E-state index in [4.69, 9.17) is 9.47 Å². The molecule has 140 valence electrons. The predicted molar refractivity (Wildman–Crippen MR) is 99.3 cm³/mol. The molecule has 1 fully saturated rings. The number of para-hydroxylation sites is 1. The lowest BCUT2D eigenvalue weighted by Crippen LogP contribution is -2.42. The molecule has 2 heterocycles. The van der Waals surface area contributed by atoms with Crippen LogP contribution < -0.4 is 10.1 Å². The fourth-order valence-electron chi connectivity index (χ4n) is 3.20. The topological polar surface area (TPSA) is 68.6 Å². The molecule has 1 aromatic carbocycles. The Bertz CT molecular complexity index is 761. The maximum absolute atomic E-state index is 12.2. The fourth-order valence-corrected chi connectivity index (χ4v) is 3.20. The Morgan fingerprint density at radius 3 is 2.85 bits per heavy atom. The molecule has 7 nitrogen and oxygen atoms in total. The number of methoxy groups -OCH3 is 1. The minimum Gasteiger partial charge on any atom is -0.490 e. The molecular weight excluding hydrogens is 332 g/mol. The van der Waals surface area contributed by atoms with Gasteiger partial charge in [0, 0.05) is 39.5 Å². The number of rotatable bonds is 7. The normalized spacial score (nSPS) is 20.3. The van der Waals surface area contributed by atoms with Crippen molar-refractivity contribution in [2.24, 2.45) is 7.05 Å². The van der Waals surface area contributed by atoms with Crippen LogP contribution in [0, 0.1) is 6.92 Å². The van der Waals surface area contributed by atoms with Gasteiger partial charge in [0.25, 0.3) is 0 Å². The zero-order valence-electron chi connectivity index (χ0n) is 15.6. The Hall–Kier alpha value is -2.38. The molecule has 1 N–H and O–H groups in total. The van der Waals surface area contributed by atoms with Crippen molar-refractivity contribution in [3.05, 3.63) is 42.1 Å². The van der Waals surface area contributed by atoms with Gasteiger partial charge < -0.3 is 14.8 Å². The molecule has 26 heavy (non-hydrogen) atoms. The van der Waals surface area contributed by atoms with Crippen LogP contribution in [0.4, 0.5) is 5.82 Å². The van der Waals surface area contributed by atoms with Crippen molar-refractivity contribution < 1.29 is 14.3 Å². The smallest absolute Gasteiger partial charge is 0.239 e. The first-order chi connectivity index (χ1) is 12.5. The second-order valence-electron chi connectivity index (χ2n) is 6.82. The molecule has 1 aliphatic rings. The SMILES string of the molecule is CO[C@@]1(COc2ccccc2C)CCN(CC(=O)Nc2ccn(C)n2)C1. The molecule has 0 unspecified atom stereocenters. The van der Waals surface area contributed by atoms with Crippen molar-refractivity contribution in [2.45, 2.75) is 18.9 Å². The van der Waals surface area contributed by atoms with E-state index < -0.39 is 5.60 Å². The summed E-state index contributed by atoms with van der Waals surface area (Å²) >= 11 is 0. The average molecular weight is 358 g/mol. The molecule has 0 saturated carbocycles. The molecule has 2 aromatic rings. The minimum absolute atomic E-state index is 0.0737. The van der Waals surface area contributed by atoms with Crippen molar-refractivity contribution in [3.8, 4) is 5.75 Å². The quantitative estimate of drug-likeness (QED) is 0.818. The number of hydrogen-bond acceptors (Lipinski definition) is 5. The van der Waals surface area contributed by atoms with Gasteiger partial charge in [0.1, 0.15) is 18.0 Å². The van der Waals surface area contributed by atoms with Crippen LogP contribution in [0.25, 0.3) is 0 Å². The summed E-state index contributed by atoms with van der Waals surface area (Å²) in [5, 5.41) is 6.98. The highest BCUT2D eigenvalue weighted by atomic mass is 16.5. The third-order valence-electron chi connectivity index (χ3n) is 4.76. The van der Waals surface area contributed by atoms with Gasteiger partial charge in [0.05, 0.1) is 6.54 Å². The number of carbonyl (C=O) groups is 1. The third-order valence-corrected chi connectivity index (χ3v) is 4.76. The molecule has 1 saturated heterocycles. The van der Waals surface area contributed by atoms with E-state index in [9.17, 15) is 4.79 Å². The molecular formula is C19H26N4O3. The second-order valence-corrected chi connectivity index (χ2v) is 6.82. The monoisotopic (exact) mass is 358 g/mol. The van der Waals surface area contributed by atoms with E-state index in [-0.39, 0.29) is 5.91 Å². The summed E-state index contributed by atoms with van der Waals surface area (Å²) < 4.78 is 13.4. The number of likely N-dealkylation sites (tertiary alicyclic amines) is 1. The van der Waals surface area contributed by atoms with Gasteiger partial charge in [-0.15, -0.1) is 0 Å². The number of hydrogen-bond donors (Lipinski definition) is 1. The van der Waals surface area contributed by atoms with Crippen LogP contribution in [0.1, 0.15) is 12.0 Å². The van der Waals surface area contributed by atoms with Crippen LogP contribution in [0.2, 0.25) is 0 Å². The predicted octanol–water partition coefficient (Wildman–Crippen LogP) is 1.84. The van der Waals surface area contributed by atoms with Crippen LogP contribution in [0.5, 0.6) is 5.75 Å². The number of ether oxygens (including phenoxy) is 2. The van der Waals surface area contributed by atoms with Gasteiger partial charge in [-0.2, -0.15) is 5.10 Å². The number of amides is 1. The molecule has 3 rings (SSSR count). The Kier molecular flexibility index (Phi) is 5.58.